The van der Waals surface area contributed by atoms with Gasteiger partial charge in [-0.3, -0.25) is 14.3 Å². The number of nitrogens with zero attached hydrogens (tertiary/aromatic N) is 4. The van der Waals surface area contributed by atoms with E-state index in [-0.39, 0.29) is 17.5 Å². The fourth-order valence-corrected chi connectivity index (χ4v) is 3.69. The summed E-state index contributed by atoms with van der Waals surface area (Å²) >= 11 is 1.28. The summed E-state index contributed by atoms with van der Waals surface area (Å²) in [6, 6.07) is 17.3. The minimum Gasteiger partial charge on any atom is -0.325 e. The van der Waals surface area contributed by atoms with Crippen molar-refractivity contribution in [3.63, 3.8) is 0 Å². The molecule has 150 valence electrons. The zero-order valence-electron chi connectivity index (χ0n) is 16.1. The van der Waals surface area contributed by atoms with Crippen LogP contribution in [0.1, 0.15) is 5.56 Å². The van der Waals surface area contributed by atoms with E-state index in [1.54, 1.807) is 12.4 Å². The van der Waals surface area contributed by atoms with Crippen molar-refractivity contribution in [2.75, 3.05) is 11.1 Å². The molecule has 0 radical (unpaired) electrons. The Morgan fingerprint density at radius 3 is 2.50 bits per heavy atom. The Balaban J connectivity index is 1.60. The Bertz CT molecular complexity index is 1160. The summed E-state index contributed by atoms with van der Waals surface area (Å²) in [5, 5.41) is 12.1. The zero-order valence-corrected chi connectivity index (χ0v) is 16.9. The molecule has 1 N–H and O–H groups in total. The lowest BCUT2D eigenvalue weighted by Gasteiger charge is -2.12. The van der Waals surface area contributed by atoms with Crippen LogP contribution in [-0.4, -0.2) is 31.4 Å². The molecular weight excluding hydrogens is 401 g/mol. The second kappa shape index (κ2) is 8.87. The Hall–Kier alpha value is -3.52. The van der Waals surface area contributed by atoms with Crippen LogP contribution in [0.3, 0.4) is 0 Å². The van der Waals surface area contributed by atoms with Gasteiger partial charge in [-0.2, -0.15) is 0 Å². The number of benzene rings is 2. The number of halogens is 1. The highest BCUT2D eigenvalue weighted by Gasteiger charge is 2.18. The highest BCUT2D eigenvalue weighted by Crippen LogP contribution is 2.29. The molecule has 0 unspecified atom stereocenters. The summed E-state index contributed by atoms with van der Waals surface area (Å²) < 4.78 is 15.0. The van der Waals surface area contributed by atoms with E-state index < -0.39 is 0 Å². The number of hydrogen-bond donors (Lipinski definition) is 1. The predicted molar refractivity (Wildman–Crippen MR) is 115 cm³/mol. The number of aryl methyl sites for hydroxylation is 1. The van der Waals surface area contributed by atoms with Gasteiger partial charge in [0.2, 0.25) is 5.91 Å². The van der Waals surface area contributed by atoms with Crippen LogP contribution in [0.5, 0.6) is 0 Å². The van der Waals surface area contributed by atoms with Crippen LogP contribution < -0.4 is 5.32 Å². The summed E-state index contributed by atoms with van der Waals surface area (Å²) in [5.41, 5.74) is 3.42. The van der Waals surface area contributed by atoms with E-state index >= 15 is 0 Å². The second-order valence-electron chi connectivity index (χ2n) is 6.51. The lowest BCUT2D eigenvalue weighted by atomic mass is 10.2. The minimum atomic E-state index is -0.350. The van der Waals surface area contributed by atoms with Crippen molar-refractivity contribution in [2.45, 2.75) is 12.1 Å². The van der Waals surface area contributed by atoms with Crippen LogP contribution in [0.15, 0.2) is 78.2 Å². The first-order valence-electron chi connectivity index (χ1n) is 9.22. The molecule has 4 aromatic rings. The van der Waals surface area contributed by atoms with Crippen LogP contribution in [0.4, 0.5) is 10.1 Å². The fourth-order valence-electron chi connectivity index (χ4n) is 2.94. The van der Waals surface area contributed by atoms with Crippen molar-refractivity contribution in [3.05, 3.63) is 84.4 Å². The molecule has 8 heteroatoms. The predicted octanol–water partition coefficient (Wildman–Crippen LogP) is 4.51. The molecule has 0 spiro atoms. The van der Waals surface area contributed by atoms with Gasteiger partial charge in [-0.05, 0) is 55.0 Å². The molecule has 0 aliphatic carbocycles. The Labute approximate surface area is 177 Å². The summed E-state index contributed by atoms with van der Waals surface area (Å²) in [6.45, 7) is 2.02. The molecule has 30 heavy (non-hydrogen) atoms. The number of rotatable bonds is 6. The first-order valence-corrected chi connectivity index (χ1v) is 10.2. The molecule has 0 fully saturated rings. The molecule has 1 amide bonds. The fraction of sp³-hybridized carbons (Fsp3) is 0.0909. The van der Waals surface area contributed by atoms with Gasteiger partial charge in [-0.1, -0.05) is 30.0 Å². The zero-order chi connectivity index (χ0) is 20.9. The Kier molecular flexibility index (Phi) is 5.85. The second-order valence-corrected chi connectivity index (χ2v) is 7.45. The van der Waals surface area contributed by atoms with E-state index in [2.05, 4.69) is 20.5 Å². The number of para-hydroxylation sites is 1. The van der Waals surface area contributed by atoms with E-state index in [0.717, 1.165) is 16.8 Å². The largest absolute Gasteiger partial charge is 0.325 e. The van der Waals surface area contributed by atoms with Crippen molar-refractivity contribution in [1.29, 1.82) is 0 Å². The Morgan fingerprint density at radius 1 is 1.03 bits per heavy atom. The van der Waals surface area contributed by atoms with Crippen molar-refractivity contribution < 1.29 is 9.18 Å². The van der Waals surface area contributed by atoms with Crippen LogP contribution in [-0.2, 0) is 4.79 Å². The molecule has 0 saturated heterocycles. The summed E-state index contributed by atoms with van der Waals surface area (Å²) in [6.07, 6.45) is 3.41. The van der Waals surface area contributed by atoms with Gasteiger partial charge in [0.05, 0.1) is 11.4 Å². The van der Waals surface area contributed by atoms with Gasteiger partial charge >= 0.3 is 0 Å². The first kappa shape index (κ1) is 19.8. The topological polar surface area (TPSA) is 72.7 Å². The minimum absolute atomic E-state index is 0.137. The van der Waals surface area contributed by atoms with Gasteiger partial charge in [0.1, 0.15) is 5.82 Å². The molecule has 6 nitrogen and oxygen atoms in total. The maximum atomic E-state index is 13.0. The number of carbonyl (C=O) groups excluding carboxylic acids is 1. The number of carbonyl (C=O) groups is 1. The number of amides is 1. The molecular formula is C22H18FN5OS. The standard InChI is InChI=1S/C22H18FN5OS/c1-15-4-2-3-5-19(15)28-21(16-10-12-24-13-11-16)26-27-22(28)30-14-20(29)25-18-8-6-17(23)7-9-18/h2-13H,14H2,1H3,(H,25,29). The summed E-state index contributed by atoms with van der Waals surface area (Å²) in [7, 11) is 0. The van der Waals surface area contributed by atoms with Crippen molar-refractivity contribution in [3.8, 4) is 17.1 Å². The van der Waals surface area contributed by atoms with E-state index in [4.69, 9.17) is 0 Å². The molecule has 2 aromatic heterocycles. The molecule has 2 heterocycles. The number of thioether (sulfide) groups is 1. The maximum Gasteiger partial charge on any atom is 0.234 e. The van der Waals surface area contributed by atoms with Gasteiger partial charge < -0.3 is 5.32 Å². The van der Waals surface area contributed by atoms with Crippen LogP contribution in [0, 0.1) is 12.7 Å². The molecule has 0 atom stereocenters. The highest BCUT2D eigenvalue weighted by atomic mass is 32.2. The van der Waals surface area contributed by atoms with Crippen LogP contribution >= 0.6 is 11.8 Å². The van der Waals surface area contributed by atoms with Gasteiger partial charge in [0, 0.05) is 23.6 Å². The third-order valence-electron chi connectivity index (χ3n) is 4.39. The van der Waals surface area contributed by atoms with Crippen molar-refractivity contribution in [1.82, 2.24) is 19.7 Å². The molecule has 0 bridgehead atoms. The summed E-state index contributed by atoms with van der Waals surface area (Å²) in [4.78, 5) is 16.4. The SMILES string of the molecule is Cc1ccccc1-n1c(SCC(=O)Nc2ccc(F)cc2)nnc1-c1ccncc1. The van der Waals surface area contributed by atoms with E-state index in [9.17, 15) is 9.18 Å². The maximum absolute atomic E-state index is 13.0. The monoisotopic (exact) mass is 419 g/mol. The van der Waals surface area contributed by atoms with Gasteiger partial charge in [-0.15, -0.1) is 10.2 Å². The molecule has 2 aromatic carbocycles. The van der Waals surface area contributed by atoms with Crippen molar-refractivity contribution in [2.24, 2.45) is 0 Å². The Morgan fingerprint density at radius 2 is 1.77 bits per heavy atom. The molecule has 0 aliphatic heterocycles. The lowest BCUT2D eigenvalue weighted by molar-refractivity contribution is -0.113. The van der Waals surface area contributed by atoms with Gasteiger partial charge in [0.25, 0.3) is 0 Å². The molecule has 0 aliphatic rings. The van der Waals surface area contributed by atoms with Crippen LogP contribution in [0.2, 0.25) is 0 Å². The number of nitrogens with one attached hydrogen (secondary N) is 1. The van der Waals surface area contributed by atoms with Crippen molar-refractivity contribution >= 4 is 23.4 Å². The number of pyridine rings is 1. The number of anilines is 1. The van der Waals surface area contributed by atoms with E-state index in [1.165, 1.54) is 36.0 Å². The average molecular weight is 419 g/mol. The van der Waals surface area contributed by atoms with E-state index in [1.807, 2.05) is 47.9 Å². The third-order valence-corrected chi connectivity index (χ3v) is 5.32. The lowest BCUT2D eigenvalue weighted by Crippen LogP contribution is -2.14. The molecule has 0 saturated carbocycles. The third kappa shape index (κ3) is 4.38. The number of aromatic nitrogens is 4. The van der Waals surface area contributed by atoms with E-state index in [0.29, 0.717) is 16.7 Å². The highest BCUT2D eigenvalue weighted by molar-refractivity contribution is 7.99. The average Bonchev–Trinajstić information content (AvgIpc) is 3.18. The number of hydrogen-bond acceptors (Lipinski definition) is 5. The quantitative estimate of drug-likeness (QED) is 0.466. The normalized spacial score (nSPS) is 10.7. The first-order chi connectivity index (χ1) is 14.6. The summed E-state index contributed by atoms with van der Waals surface area (Å²) in [5.74, 6) is 0.250. The van der Waals surface area contributed by atoms with Gasteiger partial charge in [-0.25, -0.2) is 4.39 Å². The van der Waals surface area contributed by atoms with Gasteiger partial charge in [0.15, 0.2) is 11.0 Å². The smallest absolute Gasteiger partial charge is 0.234 e. The molecule has 4 rings (SSSR count). The van der Waals surface area contributed by atoms with Crippen LogP contribution in [0.25, 0.3) is 17.1 Å².